The summed E-state index contributed by atoms with van der Waals surface area (Å²) in [4.78, 5) is 11.3. The minimum atomic E-state index is -0.130. The van der Waals surface area contributed by atoms with Crippen molar-refractivity contribution in [2.75, 3.05) is 6.26 Å². The van der Waals surface area contributed by atoms with Crippen LogP contribution in [0, 0.1) is 0 Å². The van der Waals surface area contributed by atoms with Gasteiger partial charge in [-0.15, -0.1) is 0 Å². The molecule has 1 nitrogen and oxygen atoms in total. The highest BCUT2D eigenvalue weighted by Crippen LogP contribution is 2.27. The lowest BCUT2D eigenvalue weighted by Gasteiger charge is -2.23. The Morgan fingerprint density at radius 1 is 1.50 bits per heavy atom. The molecule has 1 unspecified atom stereocenters. The number of Topliss-reactive ketones (excluding diaryl/α,β-unsaturated/α-hetero) is 1. The van der Waals surface area contributed by atoms with Crippen LogP contribution < -0.4 is 0 Å². The van der Waals surface area contributed by atoms with Crippen LogP contribution in [0.1, 0.15) is 33.6 Å². The van der Waals surface area contributed by atoms with Crippen molar-refractivity contribution < 1.29 is 4.79 Å². The molecule has 0 saturated heterocycles. The average Bonchev–Trinajstić information content (AvgIpc) is 2.01. The van der Waals surface area contributed by atoms with Gasteiger partial charge in [-0.25, -0.2) is 0 Å². The first-order chi connectivity index (χ1) is 4.60. The zero-order chi connectivity index (χ0) is 8.20. The second-order valence-corrected chi connectivity index (χ2v) is 3.87. The molecule has 0 amide bonds. The van der Waals surface area contributed by atoms with Crippen LogP contribution in [0.2, 0.25) is 0 Å². The number of ketones is 1. The first-order valence-corrected chi connectivity index (χ1v) is 4.91. The van der Waals surface area contributed by atoms with E-state index in [0.29, 0.717) is 12.2 Å². The van der Waals surface area contributed by atoms with Crippen LogP contribution in [0.5, 0.6) is 0 Å². The molecule has 0 rings (SSSR count). The van der Waals surface area contributed by atoms with E-state index in [1.165, 1.54) is 0 Å². The summed E-state index contributed by atoms with van der Waals surface area (Å²) in [5.41, 5.74) is 0. The van der Waals surface area contributed by atoms with E-state index in [9.17, 15) is 4.79 Å². The highest BCUT2D eigenvalue weighted by molar-refractivity contribution is 8.00. The van der Waals surface area contributed by atoms with Gasteiger partial charge in [0, 0.05) is 6.42 Å². The molecule has 0 heterocycles. The summed E-state index contributed by atoms with van der Waals surface area (Å²) in [6, 6.07) is 0. The third kappa shape index (κ3) is 2.01. The highest BCUT2D eigenvalue weighted by Gasteiger charge is 2.27. The van der Waals surface area contributed by atoms with Crippen molar-refractivity contribution >= 4 is 17.5 Å². The van der Waals surface area contributed by atoms with Gasteiger partial charge in [0.1, 0.15) is 5.78 Å². The zero-order valence-electron chi connectivity index (χ0n) is 7.23. The Balaban J connectivity index is 4.17. The van der Waals surface area contributed by atoms with Crippen molar-refractivity contribution in [3.63, 3.8) is 0 Å². The predicted molar refractivity (Wildman–Crippen MR) is 47.5 cm³/mol. The van der Waals surface area contributed by atoms with E-state index >= 15 is 0 Å². The van der Waals surface area contributed by atoms with Crippen molar-refractivity contribution in [3.05, 3.63) is 0 Å². The summed E-state index contributed by atoms with van der Waals surface area (Å²) in [7, 11) is 0. The Kier molecular flexibility index (Phi) is 4.02. The second kappa shape index (κ2) is 4.02. The molecule has 0 aliphatic rings. The molecule has 60 valence electrons. The quantitative estimate of drug-likeness (QED) is 0.628. The minimum absolute atomic E-state index is 0.130. The van der Waals surface area contributed by atoms with Crippen molar-refractivity contribution in [3.8, 4) is 0 Å². The monoisotopic (exact) mass is 160 g/mol. The largest absolute Gasteiger partial charge is 0.298 e. The third-order valence-electron chi connectivity index (χ3n) is 2.04. The van der Waals surface area contributed by atoms with Crippen LogP contribution in [0.4, 0.5) is 0 Å². The highest BCUT2D eigenvalue weighted by atomic mass is 32.2. The second-order valence-electron chi connectivity index (χ2n) is 2.57. The number of rotatable bonds is 4. The summed E-state index contributed by atoms with van der Waals surface area (Å²) >= 11 is 1.66. The SMILES string of the molecule is CCC(=O)C(C)(CC)SC. The molecule has 0 aromatic carbocycles. The van der Waals surface area contributed by atoms with E-state index in [1.807, 2.05) is 20.1 Å². The Bertz CT molecular complexity index is 116. The molecular weight excluding hydrogens is 144 g/mol. The fourth-order valence-corrected chi connectivity index (χ4v) is 1.49. The molecule has 0 saturated carbocycles. The Morgan fingerprint density at radius 2 is 2.00 bits per heavy atom. The Morgan fingerprint density at radius 3 is 2.10 bits per heavy atom. The first kappa shape index (κ1) is 10.0. The molecule has 2 heteroatoms. The molecule has 0 spiro atoms. The molecule has 1 atom stereocenters. The molecule has 0 aromatic heterocycles. The Labute approximate surface area is 67.6 Å². The Hall–Kier alpha value is 0.0200. The van der Waals surface area contributed by atoms with Gasteiger partial charge in [0.25, 0.3) is 0 Å². The van der Waals surface area contributed by atoms with Crippen LogP contribution in [0.15, 0.2) is 0 Å². The van der Waals surface area contributed by atoms with Gasteiger partial charge in [-0.1, -0.05) is 13.8 Å². The molecule has 10 heavy (non-hydrogen) atoms. The predicted octanol–water partition coefficient (Wildman–Crippen LogP) is 2.50. The lowest BCUT2D eigenvalue weighted by atomic mass is 10.0. The van der Waals surface area contributed by atoms with E-state index in [4.69, 9.17) is 0 Å². The van der Waals surface area contributed by atoms with Crippen LogP contribution in [0.25, 0.3) is 0 Å². The van der Waals surface area contributed by atoms with Crippen molar-refractivity contribution in [2.45, 2.75) is 38.4 Å². The number of hydrogen-bond donors (Lipinski definition) is 0. The number of carbonyl (C=O) groups excluding carboxylic acids is 1. The number of thioether (sulfide) groups is 1. The molecule has 0 aromatic rings. The van der Waals surface area contributed by atoms with E-state index < -0.39 is 0 Å². The zero-order valence-corrected chi connectivity index (χ0v) is 8.05. The minimum Gasteiger partial charge on any atom is -0.298 e. The first-order valence-electron chi connectivity index (χ1n) is 3.69. The van der Waals surface area contributed by atoms with Gasteiger partial charge in [0.2, 0.25) is 0 Å². The summed E-state index contributed by atoms with van der Waals surface area (Å²) in [5, 5.41) is 0. The number of hydrogen-bond acceptors (Lipinski definition) is 2. The van der Waals surface area contributed by atoms with Crippen LogP contribution in [-0.2, 0) is 4.79 Å². The molecular formula is C8H16OS. The maximum Gasteiger partial charge on any atom is 0.148 e. The van der Waals surface area contributed by atoms with Gasteiger partial charge in [-0.2, -0.15) is 11.8 Å². The molecule has 0 aliphatic heterocycles. The van der Waals surface area contributed by atoms with E-state index in [0.717, 1.165) is 6.42 Å². The summed E-state index contributed by atoms with van der Waals surface area (Å²) < 4.78 is -0.130. The van der Waals surface area contributed by atoms with E-state index in [-0.39, 0.29) is 4.75 Å². The molecule has 0 bridgehead atoms. The smallest absolute Gasteiger partial charge is 0.148 e. The lowest BCUT2D eigenvalue weighted by molar-refractivity contribution is -0.120. The van der Waals surface area contributed by atoms with Gasteiger partial charge in [-0.3, -0.25) is 4.79 Å². The molecule has 0 N–H and O–H groups in total. The summed E-state index contributed by atoms with van der Waals surface area (Å²) in [6.07, 6.45) is 3.59. The van der Waals surface area contributed by atoms with Crippen molar-refractivity contribution in [1.82, 2.24) is 0 Å². The number of carbonyl (C=O) groups is 1. The van der Waals surface area contributed by atoms with Gasteiger partial charge < -0.3 is 0 Å². The summed E-state index contributed by atoms with van der Waals surface area (Å²) in [6.45, 7) is 6.00. The molecule has 0 aliphatic carbocycles. The van der Waals surface area contributed by atoms with Gasteiger partial charge in [0.15, 0.2) is 0 Å². The van der Waals surface area contributed by atoms with Gasteiger partial charge >= 0.3 is 0 Å². The van der Waals surface area contributed by atoms with Crippen LogP contribution >= 0.6 is 11.8 Å². The fourth-order valence-electron chi connectivity index (χ4n) is 0.829. The molecule has 0 radical (unpaired) electrons. The van der Waals surface area contributed by atoms with Gasteiger partial charge in [0.05, 0.1) is 4.75 Å². The van der Waals surface area contributed by atoms with E-state index in [1.54, 1.807) is 11.8 Å². The lowest BCUT2D eigenvalue weighted by Crippen LogP contribution is -2.29. The van der Waals surface area contributed by atoms with Crippen LogP contribution in [0.3, 0.4) is 0 Å². The topological polar surface area (TPSA) is 17.1 Å². The van der Waals surface area contributed by atoms with Gasteiger partial charge in [-0.05, 0) is 19.6 Å². The average molecular weight is 160 g/mol. The summed E-state index contributed by atoms with van der Waals surface area (Å²) in [5.74, 6) is 0.363. The molecule has 0 fully saturated rings. The standard InChI is InChI=1S/C8H16OS/c1-5-7(9)8(3,6-2)10-4/h5-6H2,1-4H3. The third-order valence-corrected chi connectivity index (χ3v) is 3.45. The maximum absolute atomic E-state index is 11.3. The van der Waals surface area contributed by atoms with Crippen molar-refractivity contribution in [2.24, 2.45) is 0 Å². The van der Waals surface area contributed by atoms with Crippen molar-refractivity contribution in [1.29, 1.82) is 0 Å². The van der Waals surface area contributed by atoms with Crippen LogP contribution in [-0.4, -0.2) is 16.8 Å². The normalized spacial score (nSPS) is 16.4. The fraction of sp³-hybridized carbons (Fsp3) is 0.875. The van der Waals surface area contributed by atoms with E-state index in [2.05, 4.69) is 6.92 Å². The maximum atomic E-state index is 11.3.